The summed E-state index contributed by atoms with van der Waals surface area (Å²) in [6.45, 7) is 0. The van der Waals surface area contributed by atoms with Gasteiger partial charge in [-0.1, -0.05) is 48.5 Å². The van der Waals surface area contributed by atoms with E-state index >= 15 is 17.6 Å². The first-order chi connectivity index (χ1) is 18.0. The van der Waals surface area contributed by atoms with Crippen LogP contribution < -0.4 is 15.6 Å². The molecular weight excluding hydrogens is 546 g/mol. The van der Waals surface area contributed by atoms with Crippen LogP contribution in [0.3, 0.4) is 0 Å². The fraction of sp³-hybridized carbons (Fsp3) is 0. The molecule has 1 heterocycles. The predicted octanol–water partition coefficient (Wildman–Crippen LogP) is 6.77. The standard InChI is InChI=1S/C25H10F9N2OP/c26-13-15(28)19(32)23(20(33)16(13)29)38(37)24-21(34)17(30)14(27)18(31)22(24)36(12-9-5-2-6-10-12)35-25(38)11-7-3-1-4-8-11/h1-10H/t38-/m1/s1. The van der Waals surface area contributed by atoms with Crippen molar-refractivity contribution in [3.05, 3.63) is 119 Å². The topological polar surface area (TPSA) is 32.7 Å². The minimum Gasteiger partial charge on any atom is -0.307 e. The number of hydrogen-bond acceptors (Lipinski definition) is 3. The molecule has 0 N–H and O–H groups in total. The fourth-order valence-corrected chi connectivity index (χ4v) is 7.06. The van der Waals surface area contributed by atoms with Crippen LogP contribution in [-0.4, -0.2) is 5.45 Å². The lowest BCUT2D eigenvalue weighted by molar-refractivity contribution is 0.383. The number of nitrogens with zero attached hydrogens (tertiary/aromatic N) is 2. The molecule has 0 radical (unpaired) electrons. The van der Waals surface area contributed by atoms with E-state index in [1.54, 1.807) is 0 Å². The Hall–Kier alpha value is -4.05. The average Bonchev–Trinajstić information content (AvgIpc) is 2.93. The Morgan fingerprint density at radius 2 is 0.947 bits per heavy atom. The molecule has 0 aliphatic carbocycles. The van der Waals surface area contributed by atoms with Crippen molar-refractivity contribution >= 4 is 34.6 Å². The Labute approximate surface area is 207 Å². The van der Waals surface area contributed by atoms with E-state index in [4.69, 9.17) is 0 Å². The van der Waals surface area contributed by atoms with Crippen molar-refractivity contribution in [2.45, 2.75) is 0 Å². The molecule has 0 fully saturated rings. The lowest BCUT2D eigenvalue weighted by Crippen LogP contribution is -2.39. The van der Waals surface area contributed by atoms with Crippen molar-refractivity contribution in [1.82, 2.24) is 0 Å². The second-order valence-electron chi connectivity index (χ2n) is 7.92. The number of fused-ring (bicyclic) bond motifs is 1. The summed E-state index contributed by atoms with van der Waals surface area (Å²) in [4.78, 5) is 0. The highest BCUT2D eigenvalue weighted by atomic mass is 31.2. The smallest absolute Gasteiger partial charge is 0.202 e. The molecule has 4 aromatic carbocycles. The summed E-state index contributed by atoms with van der Waals surface area (Å²) in [5, 5.41) is 0.704. The third-order valence-electron chi connectivity index (χ3n) is 5.77. The lowest BCUT2D eigenvalue weighted by atomic mass is 10.2. The molecule has 13 heteroatoms. The van der Waals surface area contributed by atoms with Gasteiger partial charge < -0.3 is 4.57 Å². The Kier molecular flexibility index (Phi) is 6.10. The summed E-state index contributed by atoms with van der Waals surface area (Å²) in [5.74, 6) is -22.4. The van der Waals surface area contributed by atoms with Gasteiger partial charge in [0.05, 0.1) is 16.3 Å². The molecule has 5 rings (SSSR count). The van der Waals surface area contributed by atoms with Gasteiger partial charge in [0.15, 0.2) is 46.5 Å². The second kappa shape index (κ2) is 9.05. The molecule has 0 spiro atoms. The van der Waals surface area contributed by atoms with Crippen molar-refractivity contribution in [3.8, 4) is 0 Å². The van der Waals surface area contributed by atoms with Gasteiger partial charge in [0.25, 0.3) is 0 Å². The molecule has 194 valence electrons. The van der Waals surface area contributed by atoms with E-state index in [0.29, 0.717) is 5.01 Å². The van der Waals surface area contributed by atoms with Crippen molar-refractivity contribution < 1.29 is 44.1 Å². The van der Waals surface area contributed by atoms with Crippen LogP contribution in [0.5, 0.6) is 0 Å². The molecule has 1 atom stereocenters. The van der Waals surface area contributed by atoms with Crippen LogP contribution in [0.1, 0.15) is 5.56 Å². The van der Waals surface area contributed by atoms with Crippen LogP contribution in [0.4, 0.5) is 50.9 Å². The zero-order chi connectivity index (χ0) is 27.5. The number of benzene rings is 4. The first-order valence-electron chi connectivity index (χ1n) is 10.5. The third-order valence-corrected chi connectivity index (χ3v) is 8.78. The summed E-state index contributed by atoms with van der Waals surface area (Å²) < 4.78 is 147. The highest BCUT2D eigenvalue weighted by Gasteiger charge is 2.51. The summed E-state index contributed by atoms with van der Waals surface area (Å²) >= 11 is 0. The molecule has 0 bridgehead atoms. The van der Waals surface area contributed by atoms with E-state index in [1.807, 2.05) is 0 Å². The van der Waals surface area contributed by atoms with Crippen LogP contribution >= 0.6 is 7.14 Å². The van der Waals surface area contributed by atoms with Gasteiger partial charge in [-0.2, -0.15) is 5.10 Å². The first kappa shape index (κ1) is 25.6. The molecule has 0 saturated heterocycles. The van der Waals surface area contributed by atoms with Crippen LogP contribution in [0.15, 0.2) is 65.8 Å². The quantitative estimate of drug-likeness (QED) is 0.121. The van der Waals surface area contributed by atoms with E-state index in [0.717, 1.165) is 12.1 Å². The molecule has 0 amide bonds. The fourth-order valence-electron chi connectivity index (χ4n) is 4.07. The summed E-state index contributed by atoms with van der Waals surface area (Å²) in [6, 6.07) is 13.1. The normalized spacial score (nSPS) is 16.9. The molecule has 0 aromatic heterocycles. The molecule has 3 nitrogen and oxygen atoms in total. The Morgan fingerprint density at radius 3 is 1.47 bits per heavy atom. The summed E-state index contributed by atoms with van der Waals surface area (Å²) in [6.07, 6.45) is 0. The largest absolute Gasteiger partial charge is 0.307 e. The number of rotatable bonds is 3. The minimum absolute atomic E-state index is 0.129. The number of anilines is 2. The average molecular weight is 556 g/mol. The number of para-hydroxylation sites is 1. The molecule has 0 saturated carbocycles. The Balaban J connectivity index is 2.04. The van der Waals surface area contributed by atoms with Crippen LogP contribution in [0.25, 0.3) is 0 Å². The molecule has 4 aromatic rings. The van der Waals surface area contributed by atoms with E-state index in [2.05, 4.69) is 5.10 Å². The minimum atomic E-state index is -5.82. The number of halogens is 9. The van der Waals surface area contributed by atoms with Gasteiger partial charge in [0.2, 0.25) is 13.0 Å². The molecule has 1 aliphatic heterocycles. The van der Waals surface area contributed by atoms with Crippen molar-refractivity contribution in [3.63, 3.8) is 0 Å². The summed E-state index contributed by atoms with van der Waals surface area (Å²) in [5.41, 5.74) is -2.77. The van der Waals surface area contributed by atoms with E-state index in [9.17, 15) is 26.5 Å². The molecule has 1 aliphatic rings. The van der Waals surface area contributed by atoms with Crippen LogP contribution in [0.2, 0.25) is 0 Å². The van der Waals surface area contributed by atoms with Gasteiger partial charge >= 0.3 is 0 Å². The van der Waals surface area contributed by atoms with Gasteiger partial charge in [0, 0.05) is 5.56 Å². The van der Waals surface area contributed by atoms with E-state index < -0.39 is 81.2 Å². The summed E-state index contributed by atoms with van der Waals surface area (Å²) in [7, 11) is -5.82. The maximum absolute atomic E-state index is 15.5. The highest BCUT2D eigenvalue weighted by Crippen LogP contribution is 2.56. The monoisotopic (exact) mass is 556 g/mol. The van der Waals surface area contributed by atoms with Gasteiger partial charge in [-0.25, -0.2) is 44.5 Å². The predicted molar refractivity (Wildman–Crippen MR) is 121 cm³/mol. The second-order valence-corrected chi connectivity index (χ2v) is 10.5. The van der Waals surface area contributed by atoms with Gasteiger partial charge in [-0.3, -0.25) is 0 Å². The van der Waals surface area contributed by atoms with Gasteiger partial charge in [-0.05, 0) is 12.1 Å². The molecule has 38 heavy (non-hydrogen) atoms. The zero-order valence-electron chi connectivity index (χ0n) is 18.4. The van der Waals surface area contributed by atoms with Gasteiger partial charge in [-0.15, -0.1) is 0 Å². The SMILES string of the molecule is O=[P@@]1(c2c(F)c(F)c(F)c(F)c2F)C(c2ccccc2)=NN(c2ccccc2)c2c(F)c(F)c(F)c(F)c21. The highest BCUT2D eigenvalue weighted by molar-refractivity contribution is 7.94. The van der Waals surface area contributed by atoms with Crippen molar-refractivity contribution in [2.24, 2.45) is 5.10 Å². The van der Waals surface area contributed by atoms with Crippen molar-refractivity contribution in [1.29, 1.82) is 0 Å². The maximum Gasteiger partial charge on any atom is 0.202 e. The molecular formula is C25H10F9N2OP. The van der Waals surface area contributed by atoms with E-state index in [-0.39, 0.29) is 11.3 Å². The van der Waals surface area contributed by atoms with Crippen LogP contribution in [-0.2, 0) is 4.57 Å². The zero-order valence-corrected chi connectivity index (χ0v) is 19.3. The Bertz CT molecular complexity index is 1670. The van der Waals surface area contributed by atoms with Gasteiger partial charge in [0.1, 0.15) is 11.1 Å². The first-order valence-corrected chi connectivity index (χ1v) is 12.2. The van der Waals surface area contributed by atoms with Crippen LogP contribution in [0, 0.1) is 52.4 Å². The molecule has 0 unspecified atom stereocenters. The van der Waals surface area contributed by atoms with E-state index in [1.165, 1.54) is 48.5 Å². The third kappa shape index (κ3) is 3.47. The number of hydrogen-bond donors (Lipinski definition) is 0. The lowest BCUT2D eigenvalue weighted by Gasteiger charge is -2.34. The Morgan fingerprint density at radius 1 is 0.526 bits per heavy atom. The number of hydrazone groups is 1. The van der Waals surface area contributed by atoms with Crippen molar-refractivity contribution in [2.75, 3.05) is 5.01 Å². The maximum atomic E-state index is 15.5.